The predicted molar refractivity (Wildman–Crippen MR) is 162 cm³/mol. The number of aromatic hydroxyl groups is 1. The fourth-order valence-electron chi connectivity index (χ4n) is 4.17. The number of nitrogens with one attached hydrogen (secondary N) is 3. The Morgan fingerprint density at radius 2 is 1.73 bits per heavy atom. The molecule has 11 nitrogen and oxygen atoms in total. The molecule has 3 rings (SSSR count). The third-order valence-corrected chi connectivity index (χ3v) is 6.31. The number of hydrogen-bond acceptors (Lipinski definition) is 8. The second-order valence-corrected chi connectivity index (χ2v) is 9.49. The Labute approximate surface area is 256 Å². The lowest BCUT2D eigenvalue weighted by atomic mass is 9.93. The molecular weight excluding hydrogens is 595 g/mol. The van der Waals surface area contributed by atoms with Gasteiger partial charge < -0.3 is 25.7 Å². The van der Waals surface area contributed by atoms with Gasteiger partial charge in [0.1, 0.15) is 11.5 Å². The highest BCUT2D eigenvalue weighted by Crippen LogP contribution is 2.44. The number of benzene rings is 3. The molecule has 0 atom stereocenters. The zero-order valence-electron chi connectivity index (χ0n) is 24.7. The molecule has 0 aliphatic heterocycles. The molecule has 0 radical (unpaired) electrons. The van der Waals surface area contributed by atoms with Crippen molar-refractivity contribution in [3.05, 3.63) is 70.8 Å². The summed E-state index contributed by atoms with van der Waals surface area (Å²) < 4.78 is 41.7. The molecule has 3 aromatic carbocycles. The Bertz CT molecular complexity index is 1680. The summed E-state index contributed by atoms with van der Waals surface area (Å²) in [6.45, 7) is 2.92. The molecule has 0 saturated carbocycles. The van der Waals surface area contributed by atoms with Crippen LogP contribution in [0.5, 0.6) is 5.75 Å². The maximum atomic E-state index is 13.9. The van der Waals surface area contributed by atoms with E-state index in [2.05, 4.69) is 10.6 Å². The molecule has 5 N–H and O–H groups in total. The number of hydrogen-bond donors (Lipinski definition) is 5. The molecule has 0 bridgehead atoms. The van der Waals surface area contributed by atoms with E-state index in [-0.39, 0.29) is 46.3 Å². The number of rotatable bonds is 9. The minimum absolute atomic E-state index is 0.0133. The van der Waals surface area contributed by atoms with Crippen LogP contribution < -0.4 is 15.5 Å². The second-order valence-electron chi connectivity index (χ2n) is 9.49. The van der Waals surface area contributed by atoms with Gasteiger partial charge in [0.25, 0.3) is 0 Å². The first-order valence-electron chi connectivity index (χ1n) is 13.2. The molecule has 3 aromatic rings. The molecule has 236 valence electrons. The van der Waals surface area contributed by atoms with Gasteiger partial charge in [-0.15, -0.1) is 0 Å². The van der Waals surface area contributed by atoms with Crippen molar-refractivity contribution >= 4 is 46.8 Å². The molecular formula is C31H30F3N5O6. The Morgan fingerprint density at radius 3 is 2.24 bits per heavy atom. The zero-order chi connectivity index (χ0) is 34.1. The lowest BCUT2D eigenvalue weighted by molar-refractivity contribution is -0.137. The Hall–Kier alpha value is -5.71. The molecule has 0 aliphatic carbocycles. The minimum Gasteiger partial charge on any atom is -0.507 e. The average molecular weight is 626 g/mol. The molecule has 14 heteroatoms. The van der Waals surface area contributed by atoms with Gasteiger partial charge >= 0.3 is 12.1 Å². The van der Waals surface area contributed by atoms with E-state index in [1.165, 1.54) is 19.2 Å². The molecule has 0 unspecified atom stereocenters. The number of halogens is 3. The number of phenolic OH excluding ortho intramolecular Hbond substituents is 1. The molecule has 0 aromatic heterocycles. The number of carbonyl (C=O) groups is 4. The Morgan fingerprint density at radius 1 is 1.07 bits per heavy atom. The van der Waals surface area contributed by atoms with Crippen LogP contribution >= 0.6 is 0 Å². The summed E-state index contributed by atoms with van der Waals surface area (Å²) in [5, 5.41) is 40.4. The maximum absolute atomic E-state index is 13.9. The van der Waals surface area contributed by atoms with Crippen molar-refractivity contribution in [2.75, 3.05) is 29.6 Å². The quantitative estimate of drug-likeness (QED) is 0.149. The van der Waals surface area contributed by atoms with Crippen LogP contribution in [-0.2, 0) is 20.6 Å². The summed E-state index contributed by atoms with van der Waals surface area (Å²) in [6.07, 6.45) is -4.04. The summed E-state index contributed by atoms with van der Waals surface area (Å²) in [5.41, 5.74) is -1.52. The molecule has 45 heavy (non-hydrogen) atoms. The van der Waals surface area contributed by atoms with Gasteiger partial charge in [-0.3, -0.25) is 19.8 Å². The SMILES string of the molecule is CCCC(=O)N(C)c1cc(C(=N)C=O)c(O)cc1-c1ccc(NC(C)=O)cc1C(F)(F)F.CNc1ccc(C#N)cc1C(=O)O. The average Bonchev–Trinajstić information content (AvgIpc) is 2.99. The highest BCUT2D eigenvalue weighted by molar-refractivity contribution is 6.36. The number of aromatic carboxylic acids is 1. The molecule has 0 aliphatic rings. The van der Waals surface area contributed by atoms with Gasteiger partial charge in [0.05, 0.1) is 28.4 Å². The topological polar surface area (TPSA) is 184 Å². The first-order valence-corrected chi connectivity index (χ1v) is 13.2. The lowest BCUT2D eigenvalue weighted by Crippen LogP contribution is -2.26. The highest BCUT2D eigenvalue weighted by atomic mass is 19.4. The molecule has 0 saturated heterocycles. The summed E-state index contributed by atoms with van der Waals surface area (Å²) in [6, 6.07) is 11.6. The number of amides is 2. The second kappa shape index (κ2) is 15.1. The summed E-state index contributed by atoms with van der Waals surface area (Å²) >= 11 is 0. The zero-order valence-corrected chi connectivity index (χ0v) is 24.7. The number of phenols is 1. The van der Waals surface area contributed by atoms with Crippen LogP contribution in [0.15, 0.2) is 48.5 Å². The Kier molecular flexibility index (Phi) is 11.9. The van der Waals surface area contributed by atoms with Gasteiger partial charge in [0, 0.05) is 49.9 Å². The lowest BCUT2D eigenvalue weighted by Gasteiger charge is -2.24. The third-order valence-electron chi connectivity index (χ3n) is 6.31. The van der Waals surface area contributed by atoms with Gasteiger partial charge in [-0.2, -0.15) is 18.4 Å². The molecule has 0 fully saturated rings. The van der Waals surface area contributed by atoms with Crippen LogP contribution in [-0.4, -0.2) is 54.1 Å². The van der Waals surface area contributed by atoms with Crippen molar-refractivity contribution in [2.45, 2.75) is 32.9 Å². The number of alkyl halides is 3. The van der Waals surface area contributed by atoms with Gasteiger partial charge in [0.2, 0.25) is 11.8 Å². The summed E-state index contributed by atoms with van der Waals surface area (Å²) in [4.78, 5) is 46.6. The van der Waals surface area contributed by atoms with Gasteiger partial charge in [-0.1, -0.05) is 13.0 Å². The van der Waals surface area contributed by atoms with E-state index in [9.17, 15) is 37.5 Å². The standard InChI is InChI=1S/C22H22F3N3O4.C9H8N2O2/c1-4-5-21(32)28(3)19-9-16(18(26)11-29)20(31)10-15(19)14-7-6-13(27-12(2)30)8-17(14)22(23,24)25;1-11-8-3-2-6(5-10)4-7(8)9(12)13/h6-11,26,31H,4-5H2,1-3H3,(H,27,30);2-4,11H,1H3,(H,12,13). The smallest absolute Gasteiger partial charge is 0.417 e. The van der Waals surface area contributed by atoms with Crippen molar-refractivity contribution in [3.8, 4) is 22.9 Å². The number of aldehydes is 1. The van der Waals surface area contributed by atoms with Crippen molar-refractivity contribution in [1.82, 2.24) is 0 Å². The summed E-state index contributed by atoms with van der Waals surface area (Å²) in [7, 11) is 2.99. The largest absolute Gasteiger partial charge is 0.507 e. The van der Waals surface area contributed by atoms with E-state index in [0.717, 1.165) is 36.1 Å². The molecule has 0 heterocycles. The van der Waals surface area contributed by atoms with E-state index in [4.69, 9.17) is 15.8 Å². The maximum Gasteiger partial charge on any atom is 0.417 e. The fourth-order valence-corrected chi connectivity index (χ4v) is 4.17. The van der Waals surface area contributed by atoms with E-state index < -0.39 is 41.0 Å². The van der Waals surface area contributed by atoms with Gasteiger partial charge in [0.15, 0.2) is 6.29 Å². The van der Waals surface area contributed by atoms with E-state index >= 15 is 0 Å². The van der Waals surface area contributed by atoms with Crippen LogP contribution in [0.3, 0.4) is 0 Å². The normalized spacial score (nSPS) is 10.4. The van der Waals surface area contributed by atoms with E-state index in [1.807, 2.05) is 6.07 Å². The monoisotopic (exact) mass is 625 g/mol. The highest BCUT2D eigenvalue weighted by Gasteiger charge is 2.35. The van der Waals surface area contributed by atoms with Crippen LogP contribution in [0, 0.1) is 16.7 Å². The van der Waals surface area contributed by atoms with Crippen molar-refractivity contribution in [2.24, 2.45) is 0 Å². The van der Waals surface area contributed by atoms with Crippen molar-refractivity contribution in [1.29, 1.82) is 10.7 Å². The van der Waals surface area contributed by atoms with Gasteiger partial charge in [-0.25, -0.2) is 4.79 Å². The summed E-state index contributed by atoms with van der Waals surface area (Å²) in [5.74, 6) is -2.57. The van der Waals surface area contributed by atoms with E-state index in [1.54, 1.807) is 26.1 Å². The third kappa shape index (κ3) is 8.90. The van der Waals surface area contributed by atoms with E-state index in [0.29, 0.717) is 17.7 Å². The fraction of sp³-hybridized carbons (Fsp3) is 0.226. The van der Waals surface area contributed by atoms with Crippen LogP contribution in [0.2, 0.25) is 0 Å². The van der Waals surface area contributed by atoms with Crippen LogP contribution in [0.25, 0.3) is 11.1 Å². The first-order chi connectivity index (χ1) is 21.1. The van der Waals surface area contributed by atoms with Crippen LogP contribution in [0.4, 0.5) is 30.2 Å². The minimum atomic E-state index is -4.82. The van der Waals surface area contributed by atoms with Crippen molar-refractivity contribution < 1.29 is 42.6 Å². The number of anilines is 3. The predicted octanol–water partition coefficient (Wildman–Crippen LogP) is 5.66. The van der Waals surface area contributed by atoms with Crippen molar-refractivity contribution in [3.63, 3.8) is 0 Å². The number of nitriles is 1. The van der Waals surface area contributed by atoms with Gasteiger partial charge in [-0.05, 0) is 54.4 Å². The molecule has 0 spiro atoms. The number of carboxylic acids is 1. The number of carboxylic acid groups (broad SMARTS) is 1. The first kappa shape index (κ1) is 35.5. The Balaban J connectivity index is 0.000000452. The number of carbonyl (C=O) groups excluding carboxylic acids is 3. The van der Waals surface area contributed by atoms with Crippen LogP contribution in [0.1, 0.15) is 53.7 Å². The molecule has 2 amide bonds. The number of nitrogens with zero attached hydrogens (tertiary/aromatic N) is 2.